The van der Waals surface area contributed by atoms with Crippen LogP contribution in [-0.4, -0.2) is 75.7 Å². The Morgan fingerprint density at radius 1 is 0.868 bits per heavy atom. The Bertz CT molecular complexity index is 2810. The van der Waals surface area contributed by atoms with Gasteiger partial charge in [-0.05, 0) is 118 Å². The van der Waals surface area contributed by atoms with E-state index < -0.39 is 10.4 Å². The molecular formula is C52H55FN4O10S. The van der Waals surface area contributed by atoms with Crippen molar-refractivity contribution >= 4 is 45.4 Å². The fourth-order valence-corrected chi connectivity index (χ4v) is 9.83. The maximum atomic E-state index is 13.6. The van der Waals surface area contributed by atoms with Crippen LogP contribution in [0.4, 0.5) is 9.18 Å². The number of carbonyl (C=O) groups excluding carboxylic acids is 3. The number of fused-ring (bicyclic) bond motifs is 3. The minimum atomic E-state index is -4.67. The third-order valence-electron chi connectivity index (χ3n) is 12.7. The number of benzene rings is 4. The number of hydrogen-bond acceptors (Lipinski definition) is 10. The van der Waals surface area contributed by atoms with E-state index in [4.69, 9.17) is 36.8 Å². The van der Waals surface area contributed by atoms with Crippen molar-refractivity contribution in [1.29, 1.82) is 0 Å². The fourth-order valence-electron chi connectivity index (χ4n) is 9.83. The normalized spacial score (nSPS) is 21.8. The van der Waals surface area contributed by atoms with Gasteiger partial charge in [0.2, 0.25) is 0 Å². The molecule has 16 heteroatoms. The molecule has 14 nitrogen and oxygen atoms in total. The molecule has 3 N–H and O–H groups in total. The number of para-hydroxylation sites is 1. The van der Waals surface area contributed by atoms with E-state index in [0.717, 1.165) is 64.7 Å². The molecule has 0 radical (unpaired) electrons. The van der Waals surface area contributed by atoms with Crippen LogP contribution in [0.15, 0.2) is 128 Å². The van der Waals surface area contributed by atoms with E-state index in [1.165, 1.54) is 17.7 Å². The summed E-state index contributed by atoms with van der Waals surface area (Å²) in [5.41, 5.74) is 7.21. The Labute approximate surface area is 395 Å². The second kappa shape index (κ2) is 22.4. The zero-order chi connectivity index (χ0) is 48.4. The topological polar surface area (TPSA) is 196 Å². The second-order valence-electron chi connectivity index (χ2n) is 17.0. The molecule has 4 aromatic carbocycles. The third kappa shape index (κ3) is 12.6. The van der Waals surface area contributed by atoms with E-state index in [1.807, 2.05) is 78.3 Å². The first-order valence-electron chi connectivity index (χ1n) is 22.7. The first kappa shape index (κ1) is 49.2. The SMILES string of the molecule is CCOC(=O)N[C@@H]1CC[C@@H]2[C@@H](C1)C[C@H]1C(=O)O[C@H](C)[C@H]1[C@H]2/C=C/c1ccc(-c2cccc(F)c2)cn1.CCOC(=O)c1ccc(-c2nn(Cc3ccccc3)c3ccccc23)cc1.O=S(=O)(O)O. The van der Waals surface area contributed by atoms with Gasteiger partial charge < -0.3 is 19.5 Å². The minimum absolute atomic E-state index is 0.0679. The van der Waals surface area contributed by atoms with Gasteiger partial charge >= 0.3 is 28.4 Å². The second-order valence-corrected chi connectivity index (χ2v) is 17.9. The van der Waals surface area contributed by atoms with Crippen molar-refractivity contribution in [2.75, 3.05) is 13.2 Å². The number of ether oxygens (including phenoxy) is 3. The van der Waals surface area contributed by atoms with Gasteiger partial charge in [-0.2, -0.15) is 13.5 Å². The quantitative estimate of drug-likeness (QED) is 0.0669. The smallest absolute Gasteiger partial charge is 0.407 e. The number of carbonyl (C=O) groups is 3. The highest BCUT2D eigenvalue weighted by Gasteiger charge is 2.54. The van der Waals surface area contributed by atoms with Crippen molar-refractivity contribution in [1.82, 2.24) is 20.1 Å². The molecule has 1 amide bonds. The van der Waals surface area contributed by atoms with Crippen molar-refractivity contribution < 1.29 is 50.5 Å². The summed E-state index contributed by atoms with van der Waals surface area (Å²) in [4.78, 5) is 41.1. The van der Waals surface area contributed by atoms with E-state index >= 15 is 0 Å². The van der Waals surface area contributed by atoms with Crippen LogP contribution in [0.3, 0.4) is 0 Å². The summed E-state index contributed by atoms with van der Waals surface area (Å²) in [7, 11) is -4.67. The highest BCUT2D eigenvalue weighted by molar-refractivity contribution is 7.79. The summed E-state index contributed by atoms with van der Waals surface area (Å²) >= 11 is 0. The number of pyridine rings is 1. The number of halogens is 1. The number of cyclic esters (lactones) is 1. The summed E-state index contributed by atoms with van der Waals surface area (Å²) in [5, 5.41) is 8.96. The number of aromatic nitrogens is 3. The molecule has 7 atom stereocenters. The summed E-state index contributed by atoms with van der Waals surface area (Å²) in [6.45, 7) is 7.03. The summed E-state index contributed by atoms with van der Waals surface area (Å²) in [5.74, 6) is 0.326. The first-order valence-corrected chi connectivity index (χ1v) is 24.1. The van der Waals surface area contributed by atoms with E-state index in [-0.39, 0.29) is 53.7 Å². The van der Waals surface area contributed by atoms with E-state index in [2.05, 4.69) is 40.6 Å². The van der Waals surface area contributed by atoms with Crippen LogP contribution >= 0.6 is 0 Å². The van der Waals surface area contributed by atoms with Gasteiger partial charge in [-0.25, -0.2) is 14.0 Å². The lowest BCUT2D eigenvalue weighted by Gasteiger charge is -2.47. The molecule has 6 aromatic rings. The van der Waals surface area contributed by atoms with E-state index in [0.29, 0.717) is 37.2 Å². The predicted octanol–water partition coefficient (Wildman–Crippen LogP) is 9.91. The largest absolute Gasteiger partial charge is 0.462 e. The molecule has 1 aliphatic heterocycles. The minimum Gasteiger partial charge on any atom is -0.462 e. The lowest BCUT2D eigenvalue weighted by molar-refractivity contribution is -0.144. The Balaban J connectivity index is 0.000000189. The molecule has 9 rings (SSSR count). The molecule has 2 aliphatic carbocycles. The van der Waals surface area contributed by atoms with Gasteiger partial charge in [-0.3, -0.25) is 23.6 Å². The molecule has 0 bridgehead atoms. The summed E-state index contributed by atoms with van der Waals surface area (Å²) in [6, 6.07) is 36.4. The van der Waals surface area contributed by atoms with Gasteiger partial charge in [-0.15, -0.1) is 0 Å². The van der Waals surface area contributed by atoms with Crippen LogP contribution in [0.2, 0.25) is 0 Å². The number of hydrogen-bond donors (Lipinski definition) is 3. The van der Waals surface area contributed by atoms with Crippen LogP contribution in [0, 0.1) is 35.4 Å². The van der Waals surface area contributed by atoms with Crippen LogP contribution in [-0.2, 0) is 35.9 Å². The zero-order valence-corrected chi connectivity index (χ0v) is 38.8. The Hall–Kier alpha value is -6.75. The highest BCUT2D eigenvalue weighted by Crippen LogP contribution is 2.53. The van der Waals surface area contributed by atoms with Gasteiger partial charge in [0.1, 0.15) is 17.6 Å². The zero-order valence-electron chi connectivity index (χ0n) is 38.0. The number of nitrogens with zero attached hydrogens (tertiary/aromatic N) is 3. The maximum Gasteiger partial charge on any atom is 0.407 e. The Morgan fingerprint density at radius 3 is 2.26 bits per heavy atom. The molecule has 3 aliphatic rings. The number of rotatable bonds is 10. The molecule has 356 valence electrons. The molecule has 1 saturated heterocycles. The number of esters is 2. The summed E-state index contributed by atoms with van der Waals surface area (Å²) in [6.07, 6.45) is 9.07. The van der Waals surface area contributed by atoms with Crippen LogP contribution in [0.1, 0.15) is 68.1 Å². The number of allylic oxidation sites excluding steroid dienone is 1. The Morgan fingerprint density at radius 2 is 1.57 bits per heavy atom. The molecular weight excluding hydrogens is 892 g/mol. The lowest BCUT2D eigenvalue weighted by atomic mass is 9.57. The average molecular weight is 947 g/mol. The van der Waals surface area contributed by atoms with Crippen molar-refractivity contribution in [3.8, 4) is 22.4 Å². The van der Waals surface area contributed by atoms with E-state index in [1.54, 1.807) is 38.2 Å². The molecule has 0 spiro atoms. The molecule has 68 heavy (non-hydrogen) atoms. The third-order valence-corrected chi connectivity index (χ3v) is 12.7. The number of alkyl carbamates (subject to hydrolysis) is 1. The van der Waals surface area contributed by atoms with Gasteiger partial charge in [0.25, 0.3) is 0 Å². The maximum absolute atomic E-state index is 13.6. The van der Waals surface area contributed by atoms with E-state index in [9.17, 15) is 18.8 Å². The van der Waals surface area contributed by atoms with Crippen molar-refractivity contribution in [3.63, 3.8) is 0 Å². The predicted molar refractivity (Wildman–Crippen MR) is 255 cm³/mol. The highest BCUT2D eigenvalue weighted by atomic mass is 32.3. The van der Waals surface area contributed by atoms with Gasteiger partial charge in [0.15, 0.2) is 0 Å². The monoisotopic (exact) mass is 946 g/mol. The van der Waals surface area contributed by atoms with Crippen molar-refractivity contribution in [3.05, 3.63) is 150 Å². The van der Waals surface area contributed by atoms with Crippen LogP contribution < -0.4 is 5.32 Å². The summed E-state index contributed by atoms with van der Waals surface area (Å²) < 4.78 is 63.0. The molecule has 3 heterocycles. The van der Waals surface area contributed by atoms with Crippen LogP contribution in [0.5, 0.6) is 0 Å². The fraction of sp³-hybridized carbons (Fsp3) is 0.327. The first-order chi connectivity index (χ1) is 32.7. The van der Waals surface area contributed by atoms with Gasteiger partial charge in [0.05, 0.1) is 42.5 Å². The molecule has 0 unspecified atom stereocenters. The number of nitrogens with one attached hydrogen (secondary N) is 1. The van der Waals surface area contributed by atoms with Gasteiger partial charge in [-0.1, -0.05) is 84.9 Å². The van der Waals surface area contributed by atoms with Gasteiger partial charge in [0, 0.05) is 34.7 Å². The number of amides is 1. The van der Waals surface area contributed by atoms with Crippen molar-refractivity contribution in [2.45, 2.75) is 65.1 Å². The van der Waals surface area contributed by atoms with Crippen molar-refractivity contribution in [2.24, 2.45) is 29.6 Å². The molecule has 3 fully saturated rings. The molecule has 2 saturated carbocycles. The lowest BCUT2D eigenvalue weighted by Crippen LogP contribution is -2.48. The molecule has 2 aromatic heterocycles. The Kier molecular flexibility index (Phi) is 16.2. The average Bonchev–Trinajstić information content (AvgIpc) is 3.82. The van der Waals surface area contributed by atoms with Crippen LogP contribution in [0.25, 0.3) is 39.4 Å². The standard InChI is InChI=1S/C29H33FN2O4.C23H20N2O2.H2O4S/c1-3-35-29(34)32-23-10-11-24-20(14-23)15-26-27(17(2)36-28(26)33)25(24)12-9-22-8-7-19(16-31-22)18-5-4-6-21(30)13-18;1-2-27-23(26)19-14-12-18(13-15-19)22-20-10-6-7-11-21(20)25(24-22)16-17-8-4-3-5-9-17;1-5(2,3)4/h4-9,12-13,16-17,20,23-27H,3,10-11,14-15H2,1-2H3,(H,32,34);3-15H,2,16H2,1H3;(H2,1,2,3,4)/b12-9+;;/t17-,20+,23-,24-,25+,26-,27+;;/m1../s1.